The lowest BCUT2D eigenvalue weighted by Crippen LogP contribution is -2.53. The van der Waals surface area contributed by atoms with E-state index in [1.165, 1.54) is 0 Å². The first-order chi connectivity index (χ1) is 17.5. The predicted octanol–water partition coefficient (Wildman–Crippen LogP) is 4.77. The third-order valence-corrected chi connectivity index (χ3v) is 13.4. The molecule has 36 heavy (non-hydrogen) atoms. The van der Waals surface area contributed by atoms with Crippen LogP contribution in [0.4, 0.5) is 0 Å². The highest BCUT2D eigenvalue weighted by Crippen LogP contribution is 2.47. The summed E-state index contributed by atoms with van der Waals surface area (Å²) in [6, 6.07) is 2.13. The Kier molecular flexibility index (Phi) is 11.6. The summed E-state index contributed by atoms with van der Waals surface area (Å²) in [5, 5.41) is 0. The Morgan fingerprint density at radius 2 is 1.14 bits per heavy atom. The molecule has 0 N–H and O–H groups in total. The fourth-order valence-corrected chi connectivity index (χ4v) is 11.6. The van der Waals surface area contributed by atoms with E-state index in [9.17, 15) is 0 Å². The van der Waals surface area contributed by atoms with Gasteiger partial charge in [0.1, 0.15) is 0 Å². The molecule has 206 valence electrons. The molecule has 1 aromatic rings. The summed E-state index contributed by atoms with van der Waals surface area (Å²) < 4.78 is 50.6. The van der Waals surface area contributed by atoms with Gasteiger partial charge >= 0.3 is 17.6 Å². The molecular weight excluding hydrogens is 498 g/mol. The van der Waals surface area contributed by atoms with Crippen molar-refractivity contribution in [1.29, 1.82) is 0 Å². The van der Waals surface area contributed by atoms with Crippen LogP contribution in [0.3, 0.4) is 0 Å². The van der Waals surface area contributed by atoms with E-state index in [0.717, 1.165) is 36.9 Å². The Balaban J connectivity index is 2.21. The van der Waals surface area contributed by atoms with Crippen molar-refractivity contribution >= 4 is 17.6 Å². The summed E-state index contributed by atoms with van der Waals surface area (Å²) in [7, 11) is -6.19. The van der Waals surface area contributed by atoms with Crippen molar-refractivity contribution in [1.82, 2.24) is 4.98 Å². The average Bonchev–Trinajstić information content (AvgIpc) is 3.06. The van der Waals surface area contributed by atoms with Crippen molar-refractivity contribution in [2.24, 2.45) is 0 Å². The molecule has 0 amide bonds. The van der Waals surface area contributed by atoms with Crippen LogP contribution < -0.4 is 9.47 Å². The van der Waals surface area contributed by atoms with Gasteiger partial charge in [0.05, 0.1) is 30.0 Å². The normalized spacial score (nSPS) is 20.5. The number of hydrogen-bond acceptors (Lipinski definition) is 9. The van der Waals surface area contributed by atoms with Crippen molar-refractivity contribution in [2.45, 2.75) is 78.3 Å². The number of nitrogens with zero attached hydrogens (tertiary/aromatic N) is 1. The highest BCUT2D eigenvalue weighted by molar-refractivity contribution is 6.63. The van der Waals surface area contributed by atoms with Crippen molar-refractivity contribution in [2.75, 3.05) is 52.9 Å². The van der Waals surface area contributed by atoms with E-state index in [1.54, 1.807) is 0 Å². The van der Waals surface area contributed by atoms with Gasteiger partial charge in [-0.25, -0.2) is 4.98 Å². The first-order valence-electron chi connectivity index (χ1n) is 13.7. The second-order valence-electron chi connectivity index (χ2n) is 8.66. The Hall–Kier alpha value is -1.06. The lowest BCUT2D eigenvalue weighted by Gasteiger charge is -2.37. The Bertz CT molecular complexity index is 780. The molecule has 2 atom stereocenters. The molecule has 0 aliphatic carbocycles. The van der Waals surface area contributed by atoms with E-state index in [1.807, 2.05) is 41.5 Å². The lowest BCUT2D eigenvalue weighted by molar-refractivity contribution is 0.0588. The summed E-state index contributed by atoms with van der Waals surface area (Å²) >= 11 is 0. The number of pyridine rings is 1. The molecular formula is C25H45NO8Si2. The van der Waals surface area contributed by atoms with Crippen LogP contribution >= 0.6 is 0 Å². The molecule has 2 aliphatic rings. The minimum Gasteiger partial charge on any atom is -0.488 e. The first kappa shape index (κ1) is 29.5. The molecule has 1 aromatic heterocycles. The summed E-state index contributed by atoms with van der Waals surface area (Å²) in [5.41, 5.74) is 1.63. The quantitative estimate of drug-likeness (QED) is 0.308. The fourth-order valence-electron chi connectivity index (χ4n) is 5.24. The summed E-state index contributed by atoms with van der Waals surface area (Å²) in [5.74, 6) is 1.19. The van der Waals surface area contributed by atoms with Crippen molar-refractivity contribution in [3.8, 4) is 11.6 Å². The summed E-state index contributed by atoms with van der Waals surface area (Å²) in [6.45, 7) is 16.1. The number of ether oxygens (including phenoxy) is 2. The first-order valence-corrected chi connectivity index (χ1v) is 17.3. The van der Waals surface area contributed by atoms with Gasteiger partial charge in [-0.3, -0.25) is 0 Å². The number of fused-ring (bicyclic) bond motifs is 4. The van der Waals surface area contributed by atoms with E-state index in [2.05, 4.69) is 6.07 Å². The van der Waals surface area contributed by atoms with Crippen LogP contribution in [0.25, 0.3) is 0 Å². The monoisotopic (exact) mass is 543 g/mol. The van der Waals surface area contributed by atoms with E-state index in [0.29, 0.717) is 64.5 Å². The van der Waals surface area contributed by atoms with Crippen LogP contribution in [-0.2, 0) is 26.6 Å². The van der Waals surface area contributed by atoms with Gasteiger partial charge in [-0.05, 0) is 73.3 Å². The molecule has 3 heterocycles. The largest absolute Gasteiger partial charge is 0.510 e. The minimum absolute atomic E-state index is 0.0960. The molecule has 3 rings (SSSR count). The molecule has 0 aromatic carbocycles. The minimum atomic E-state index is -3.10. The van der Waals surface area contributed by atoms with Gasteiger partial charge in [-0.15, -0.1) is 0 Å². The van der Waals surface area contributed by atoms with Crippen LogP contribution in [0.2, 0.25) is 0 Å². The van der Waals surface area contributed by atoms with Crippen LogP contribution in [0.15, 0.2) is 6.07 Å². The zero-order valence-corrected chi connectivity index (χ0v) is 24.9. The van der Waals surface area contributed by atoms with Crippen molar-refractivity contribution < 1.29 is 36.0 Å². The summed E-state index contributed by atoms with van der Waals surface area (Å²) in [6.07, 6.45) is 3.32. The zero-order chi connectivity index (χ0) is 26.0. The molecule has 2 bridgehead atoms. The van der Waals surface area contributed by atoms with E-state index >= 15 is 0 Å². The SMILES string of the molecule is CCO[Si](OCC)(OCC)C1CCCOc2nc1cc1c2OCCCC1[Si](OCC)(OCC)OCC. The van der Waals surface area contributed by atoms with Gasteiger partial charge in [0.15, 0.2) is 5.75 Å². The predicted molar refractivity (Wildman–Crippen MR) is 140 cm³/mol. The average molecular weight is 544 g/mol. The van der Waals surface area contributed by atoms with E-state index in [-0.39, 0.29) is 11.1 Å². The van der Waals surface area contributed by atoms with E-state index in [4.69, 9.17) is 41.0 Å². The standard InChI is InChI=1S/C25H45NO8Si2/c1-7-29-35(30-8-2,31-9-3)22-15-13-17-27-24-20(22)19-21-23(16-14-18-28-25(24)26-21)36(32-10-4,33-11-5)34-12-6/h19,22-23H,7-18H2,1-6H3. The van der Waals surface area contributed by atoms with Gasteiger partial charge in [0.25, 0.3) is 5.88 Å². The fraction of sp³-hybridized carbons (Fsp3) is 0.800. The molecule has 0 saturated carbocycles. The maximum absolute atomic E-state index is 6.37. The van der Waals surface area contributed by atoms with Crippen LogP contribution in [0, 0.1) is 0 Å². The molecule has 0 radical (unpaired) electrons. The highest BCUT2D eigenvalue weighted by atomic mass is 28.4. The Morgan fingerprint density at radius 1 is 0.694 bits per heavy atom. The van der Waals surface area contributed by atoms with Crippen molar-refractivity contribution in [3.05, 3.63) is 17.3 Å². The van der Waals surface area contributed by atoms with Crippen LogP contribution in [0.5, 0.6) is 11.6 Å². The van der Waals surface area contributed by atoms with Gasteiger partial charge in [0, 0.05) is 45.2 Å². The van der Waals surface area contributed by atoms with Crippen LogP contribution in [-0.4, -0.2) is 75.4 Å². The Morgan fingerprint density at radius 3 is 1.64 bits per heavy atom. The number of rotatable bonds is 14. The molecule has 0 fully saturated rings. The molecule has 0 saturated heterocycles. The third-order valence-electron chi connectivity index (χ3n) is 6.41. The maximum Gasteiger partial charge on any atom is 0.510 e. The molecule has 11 heteroatoms. The van der Waals surface area contributed by atoms with Gasteiger partial charge < -0.3 is 36.0 Å². The number of aromatic nitrogens is 1. The second-order valence-corrected chi connectivity index (χ2v) is 14.2. The zero-order valence-electron chi connectivity index (χ0n) is 22.9. The maximum atomic E-state index is 6.37. The molecule has 2 aliphatic heterocycles. The molecule has 0 spiro atoms. The highest BCUT2D eigenvalue weighted by Gasteiger charge is 2.54. The van der Waals surface area contributed by atoms with Gasteiger partial charge in [0.2, 0.25) is 0 Å². The molecule has 9 nitrogen and oxygen atoms in total. The molecule has 2 unspecified atom stereocenters. The van der Waals surface area contributed by atoms with Crippen molar-refractivity contribution in [3.63, 3.8) is 0 Å². The van der Waals surface area contributed by atoms with E-state index < -0.39 is 17.6 Å². The van der Waals surface area contributed by atoms with Crippen LogP contribution in [0.1, 0.15) is 89.6 Å². The third kappa shape index (κ3) is 6.32. The van der Waals surface area contributed by atoms with Gasteiger partial charge in [-0.1, -0.05) is 0 Å². The second kappa shape index (κ2) is 14.2. The smallest absolute Gasteiger partial charge is 0.488 e. The lowest BCUT2D eigenvalue weighted by atomic mass is 10.0. The Labute approximate surface area is 218 Å². The number of hydrogen-bond donors (Lipinski definition) is 0. The summed E-state index contributed by atoms with van der Waals surface area (Å²) in [4.78, 5) is 4.98. The van der Waals surface area contributed by atoms with Gasteiger partial charge in [-0.2, -0.15) is 0 Å². The topological polar surface area (TPSA) is 86.7 Å².